The number of ether oxygens (including phenoxy) is 1. The lowest BCUT2D eigenvalue weighted by Crippen LogP contribution is -2.40. The van der Waals surface area contributed by atoms with Crippen molar-refractivity contribution in [3.8, 4) is 0 Å². The van der Waals surface area contributed by atoms with Crippen molar-refractivity contribution in [3.63, 3.8) is 0 Å². The second-order valence-corrected chi connectivity index (χ2v) is 8.62. The van der Waals surface area contributed by atoms with E-state index in [4.69, 9.17) is 17.0 Å². The topological polar surface area (TPSA) is 70.7 Å². The Labute approximate surface area is 165 Å². The van der Waals surface area contributed by atoms with Gasteiger partial charge in [0, 0.05) is 18.8 Å². The monoisotopic (exact) mass is 405 g/mol. The van der Waals surface area contributed by atoms with E-state index in [0.29, 0.717) is 31.4 Å². The molecule has 0 radical (unpaired) electrons. The molecule has 0 saturated carbocycles. The summed E-state index contributed by atoms with van der Waals surface area (Å²) in [6, 6.07) is 16.7. The first-order chi connectivity index (χ1) is 13.0. The van der Waals surface area contributed by atoms with Gasteiger partial charge in [-0.25, -0.2) is 8.42 Å². The van der Waals surface area contributed by atoms with Crippen LogP contribution in [0.15, 0.2) is 59.5 Å². The molecule has 2 aromatic rings. The molecule has 1 heterocycles. The van der Waals surface area contributed by atoms with Gasteiger partial charge in [-0.1, -0.05) is 30.3 Å². The predicted molar refractivity (Wildman–Crippen MR) is 110 cm³/mol. The van der Waals surface area contributed by atoms with Gasteiger partial charge in [-0.2, -0.15) is 4.31 Å². The first kappa shape index (κ1) is 19.8. The zero-order valence-corrected chi connectivity index (χ0v) is 16.7. The number of hydrogen-bond donors (Lipinski definition) is 2. The molecule has 1 saturated heterocycles. The summed E-state index contributed by atoms with van der Waals surface area (Å²) in [7, 11) is -3.49. The van der Waals surface area contributed by atoms with Crippen molar-refractivity contribution in [2.24, 2.45) is 0 Å². The Morgan fingerprint density at radius 1 is 1.07 bits per heavy atom. The van der Waals surface area contributed by atoms with Gasteiger partial charge in [-0.15, -0.1) is 0 Å². The third kappa shape index (κ3) is 5.04. The van der Waals surface area contributed by atoms with Crippen LogP contribution in [0.4, 0.5) is 5.69 Å². The van der Waals surface area contributed by atoms with Crippen molar-refractivity contribution < 1.29 is 13.2 Å². The van der Waals surface area contributed by atoms with E-state index in [-0.39, 0.29) is 10.9 Å². The highest BCUT2D eigenvalue weighted by molar-refractivity contribution is 7.89. The van der Waals surface area contributed by atoms with E-state index in [0.717, 1.165) is 11.3 Å². The summed E-state index contributed by atoms with van der Waals surface area (Å²) < 4.78 is 31.9. The Hall–Kier alpha value is -2.00. The second-order valence-electron chi connectivity index (χ2n) is 6.27. The molecule has 144 valence electrons. The highest BCUT2D eigenvalue weighted by Gasteiger charge is 2.26. The average molecular weight is 406 g/mol. The minimum Gasteiger partial charge on any atom is -0.379 e. The smallest absolute Gasteiger partial charge is 0.243 e. The summed E-state index contributed by atoms with van der Waals surface area (Å²) >= 11 is 5.36. The molecule has 1 unspecified atom stereocenters. The van der Waals surface area contributed by atoms with Gasteiger partial charge in [-0.05, 0) is 49.0 Å². The summed E-state index contributed by atoms with van der Waals surface area (Å²) in [5.74, 6) is 0. The van der Waals surface area contributed by atoms with Crippen LogP contribution in [-0.2, 0) is 14.8 Å². The number of morpholine rings is 1. The maximum atomic E-state index is 12.6. The molecule has 27 heavy (non-hydrogen) atoms. The van der Waals surface area contributed by atoms with Gasteiger partial charge in [0.2, 0.25) is 10.0 Å². The van der Waals surface area contributed by atoms with Gasteiger partial charge in [0.05, 0.1) is 24.2 Å². The molecule has 6 nitrogen and oxygen atoms in total. The lowest BCUT2D eigenvalue weighted by molar-refractivity contribution is 0.0730. The third-order valence-corrected chi connectivity index (χ3v) is 6.50. The highest BCUT2D eigenvalue weighted by atomic mass is 32.2. The summed E-state index contributed by atoms with van der Waals surface area (Å²) in [6.07, 6.45) is 0. The molecular weight excluding hydrogens is 382 g/mol. The molecule has 2 N–H and O–H groups in total. The lowest BCUT2D eigenvalue weighted by Gasteiger charge is -2.26. The Balaban J connectivity index is 1.61. The van der Waals surface area contributed by atoms with Crippen LogP contribution >= 0.6 is 12.2 Å². The van der Waals surface area contributed by atoms with E-state index in [2.05, 4.69) is 10.6 Å². The molecule has 0 aromatic heterocycles. The van der Waals surface area contributed by atoms with Crippen molar-refractivity contribution in [1.29, 1.82) is 0 Å². The normalized spacial score (nSPS) is 16.5. The Kier molecular flexibility index (Phi) is 6.43. The summed E-state index contributed by atoms with van der Waals surface area (Å²) in [5, 5.41) is 6.80. The number of hydrogen-bond acceptors (Lipinski definition) is 4. The minimum atomic E-state index is -3.49. The molecule has 2 aromatic carbocycles. The first-order valence-electron chi connectivity index (χ1n) is 8.77. The number of sulfonamides is 1. The second kappa shape index (κ2) is 8.79. The molecule has 1 aliphatic rings. The quantitative estimate of drug-likeness (QED) is 0.746. The number of anilines is 1. The maximum Gasteiger partial charge on any atom is 0.243 e. The van der Waals surface area contributed by atoms with Crippen LogP contribution in [0.5, 0.6) is 0 Å². The fraction of sp³-hybridized carbons (Fsp3) is 0.316. The van der Waals surface area contributed by atoms with Crippen LogP contribution in [-0.4, -0.2) is 44.1 Å². The first-order valence-corrected chi connectivity index (χ1v) is 10.6. The molecule has 0 amide bonds. The highest BCUT2D eigenvalue weighted by Crippen LogP contribution is 2.19. The molecule has 1 fully saturated rings. The Bertz CT molecular complexity index is 865. The van der Waals surface area contributed by atoms with Gasteiger partial charge < -0.3 is 15.4 Å². The fourth-order valence-corrected chi connectivity index (χ4v) is 4.54. The van der Waals surface area contributed by atoms with E-state index < -0.39 is 10.0 Å². The molecule has 0 spiro atoms. The zero-order chi connectivity index (χ0) is 19.3. The average Bonchev–Trinajstić information content (AvgIpc) is 2.69. The van der Waals surface area contributed by atoms with Crippen molar-refractivity contribution >= 4 is 33.0 Å². The third-order valence-electron chi connectivity index (χ3n) is 4.37. The van der Waals surface area contributed by atoms with Crippen LogP contribution in [0.3, 0.4) is 0 Å². The van der Waals surface area contributed by atoms with Gasteiger partial charge in [-0.3, -0.25) is 0 Å². The molecule has 3 rings (SSSR count). The van der Waals surface area contributed by atoms with E-state index in [1.54, 1.807) is 24.3 Å². The van der Waals surface area contributed by atoms with Crippen molar-refractivity contribution in [3.05, 3.63) is 60.2 Å². The van der Waals surface area contributed by atoms with Gasteiger partial charge >= 0.3 is 0 Å². The molecule has 1 aliphatic heterocycles. The largest absolute Gasteiger partial charge is 0.379 e. The standard InChI is InChI=1S/C19H23N3O3S2/c1-15(16-5-3-2-4-6-16)20-19(26)21-17-7-9-18(10-8-17)27(23,24)22-11-13-25-14-12-22/h2-10,15H,11-14H2,1H3,(H2,20,21,26). The maximum absolute atomic E-state index is 12.6. The van der Waals surface area contributed by atoms with Crippen molar-refractivity contribution in [2.45, 2.75) is 17.9 Å². The molecular formula is C19H23N3O3S2. The SMILES string of the molecule is CC(NC(=S)Nc1ccc(S(=O)(=O)N2CCOCC2)cc1)c1ccccc1. The van der Waals surface area contributed by atoms with Gasteiger partial charge in [0.1, 0.15) is 0 Å². The van der Waals surface area contributed by atoms with Crippen LogP contribution < -0.4 is 10.6 Å². The number of nitrogens with zero attached hydrogens (tertiary/aromatic N) is 1. The van der Waals surface area contributed by atoms with E-state index in [1.165, 1.54) is 4.31 Å². The molecule has 1 atom stereocenters. The number of thiocarbonyl (C=S) groups is 1. The van der Waals surface area contributed by atoms with Crippen molar-refractivity contribution in [2.75, 3.05) is 31.6 Å². The van der Waals surface area contributed by atoms with E-state index in [9.17, 15) is 8.42 Å². The molecule has 0 bridgehead atoms. The summed E-state index contributed by atoms with van der Waals surface area (Å²) in [5.41, 5.74) is 1.86. The lowest BCUT2D eigenvalue weighted by atomic mass is 10.1. The summed E-state index contributed by atoms with van der Waals surface area (Å²) in [4.78, 5) is 0.270. The summed E-state index contributed by atoms with van der Waals surface area (Å²) in [6.45, 7) is 3.65. The van der Waals surface area contributed by atoms with Crippen LogP contribution in [0, 0.1) is 0 Å². The molecule has 8 heteroatoms. The number of benzene rings is 2. The van der Waals surface area contributed by atoms with Crippen molar-refractivity contribution in [1.82, 2.24) is 9.62 Å². The van der Waals surface area contributed by atoms with Crippen LogP contribution in [0.1, 0.15) is 18.5 Å². The Morgan fingerprint density at radius 2 is 1.70 bits per heavy atom. The Morgan fingerprint density at radius 3 is 2.33 bits per heavy atom. The minimum absolute atomic E-state index is 0.0622. The fourth-order valence-electron chi connectivity index (χ4n) is 2.84. The predicted octanol–water partition coefficient (Wildman–Crippen LogP) is 2.76. The molecule has 0 aliphatic carbocycles. The van der Waals surface area contributed by atoms with Gasteiger partial charge in [0.25, 0.3) is 0 Å². The number of nitrogens with one attached hydrogen (secondary N) is 2. The van der Waals surface area contributed by atoms with Gasteiger partial charge in [0.15, 0.2) is 5.11 Å². The van der Waals surface area contributed by atoms with Crippen LogP contribution in [0.25, 0.3) is 0 Å². The van der Waals surface area contributed by atoms with Crippen LogP contribution in [0.2, 0.25) is 0 Å². The van der Waals surface area contributed by atoms with E-state index in [1.807, 2.05) is 37.3 Å². The zero-order valence-electron chi connectivity index (χ0n) is 15.1. The number of rotatable bonds is 5. The van der Waals surface area contributed by atoms with E-state index >= 15 is 0 Å².